The van der Waals surface area contributed by atoms with Crippen LogP contribution in [0.4, 0.5) is 13.2 Å². The Morgan fingerprint density at radius 2 is 1.58 bits per heavy atom. The number of alkyl halides is 3. The van der Waals surface area contributed by atoms with Crippen molar-refractivity contribution >= 4 is 40.9 Å². The standard InChI is InChI=1S/C32H43ClN4O4.C2HF3O2/c1-7-32(8-2)25(27(29(39)36(32)6)23-15-17-24(33)18-16-23)19-37(9-3)28(38)26(35-30(40)31(4,5)34)21-41-20-22-13-11-10-12-14-22;3-2(4,5)1(6)7/h10-18,26H,7-9,19-21,34H2,1-6H3,(H,35,40);(H,6,7)/t26-;/m1./s1. The maximum absolute atomic E-state index is 14.1. The molecule has 1 heterocycles. The molecule has 48 heavy (non-hydrogen) atoms. The first-order chi connectivity index (χ1) is 22.3. The molecule has 0 saturated heterocycles. The van der Waals surface area contributed by atoms with Crippen molar-refractivity contribution < 1.29 is 42.2 Å². The number of ether oxygens (including phenoxy) is 1. The monoisotopic (exact) mass is 696 g/mol. The van der Waals surface area contributed by atoms with E-state index in [1.54, 1.807) is 35.8 Å². The molecule has 0 fully saturated rings. The summed E-state index contributed by atoms with van der Waals surface area (Å²) in [6.45, 7) is 10.0. The molecule has 3 rings (SSSR count). The van der Waals surface area contributed by atoms with Gasteiger partial charge >= 0.3 is 12.1 Å². The first-order valence-electron chi connectivity index (χ1n) is 15.4. The molecule has 0 unspecified atom stereocenters. The van der Waals surface area contributed by atoms with Crippen LogP contribution in [0.3, 0.4) is 0 Å². The summed E-state index contributed by atoms with van der Waals surface area (Å²) >= 11 is 6.15. The van der Waals surface area contributed by atoms with Gasteiger partial charge in [0.15, 0.2) is 0 Å². The summed E-state index contributed by atoms with van der Waals surface area (Å²) in [7, 11) is 1.82. The largest absolute Gasteiger partial charge is 0.490 e. The van der Waals surface area contributed by atoms with Gasteiger partial charge in [-0.1, -0.05) is 67.9 Å². The first-order valence-corrected chi connectivity index (χ1v) is 15.8. The Morgan fingerprint density at radius 1 is 1.04 bits per heavy atom. The van der Waals surface area contributed by atoms with Crippen molar-refractivity contribution in [3.05, 3.63) is 76.3 Å². The van der Waals surface area contributed by atoms with Crippen LogP contribution in [-0.2, 0) is 30.5 Å². The summed E-state index contributed by atoms with van der Waals surface area (Å²) in [5, 5.41) is 10.5. The van der Waals surface area contributed by atoms with Crippen LogP contribution in [0.5, 0.6) is 0 Å². The van der Waals surface area contributed by atoms with E-state index in [1.807, 2.05) is 56.4 Å². The van der Waals surface area contributed by atoms with E-state index >= 15 is 0 Å². The fourth-order valence-corrected chi connectivity index (χ4v) is 5.49. The molecule has 0 spiro atoms. The van der Waals surface area contributed by atoms with Crippen LogP contribution in [0.1, 0.15) is 58.6 Å². The van der Waals surface area contributed by atoms with E-state index < -0.39 is 35.2 Å². The fourth-order valence-electron chi connectivity index (χ4n) is 5.36. The van der Waals surface area contributed by atoms with Crippen molar-refractivity contribution in [2.24, 2.45) is 5.73 Å². The zero-order chi connectivity index (χ0) is 36.4. The number of amides is 3. The van der Waals surface area contributed by atoms with E-state index in [0.717, 1.165) is 16.7 Å². The van der Waals surface area contributed by atoms with E-state index in [4.69, 9.17) is 32.0 Å². The van der Waals surface area contributed by atoms with Gasteiger partial charge in [0.25, 0.3) is 5.91 Å². The quantitative estimate of drug-likeness (QED) is 0.266. The molecule has 2 aromatic rings. The highest BCUT2D eigenvalue weighted by molar-refractivity contribution is 6.31. The van der Waals surface area contributed by atoms with Crippen LogP contribution in [-0.4, -0.2) is 88.6 Å². The lowest BCUT2D eigenvalue weighted by atomic mass is 9.82. The number of likely N-dealkylation sites (N-methyl/N-ethyl adjacent to an activating group) is 2. The van der Waals surface area contributed by atoms with E-state index in [1.165, 1.54) is 0 Å². The highest BCUT2D eigenvalue weighted by Gasteiger charge is 2.48. The Kier molecular flexibility index (Phi) is 14.2. The number of hydrogen-bond acceptors (Lipinski definition) is 6. The van der Waals surface area contributed by atoms with Crippen LogP contribution in [0.25, 0.3) is 5.57 Å². The molecule has 0 radical (unpaired) electrons. The molecule has 10 nitrogen and oxygen atoms in total. The molecule has 264 valence electrons. The average molecular weight is 697 g/mol. The molecule has 14 heteroatoms. The van der Waals surface area contributed by atoms with Crippen LogP contribution < -0.4 is 11.1 Å². The molecule has 1 aliphatic heterocycles. The van der Waals surface area contributed by atoms with E-state index in [2.05, 4.69) is 19.2 Å². The summed E-state index contributed by atoms with van der Waals surface area (Å²) in [4.78, 5) is 53.0. The summed E-state index contributed by atoms with van der Waals surface area (Å²) in [5.74, 6) is -3.60. The van der Waals surface area contributed by atoms with Crippen LogP contribution in [0, 0.1) is 0 Å². The average Bonchev–Trinajstić information content (AvgIpc) is 3.24. The first kappa shape index (κ1) is 40.2. The number of carboxylic acids is 1. The topological polar surface area (TPSA) is 142 Å². The smallest absolute Gasteiger partial charge is 0.475 e. The number of hydrogen-bond donors (Lipinski definition) is 3. The Hall–Kier alpha value is -3.94. The van der Waals surface area contributed by atoms with Crippen LogP contribution in [0.2, 0.25) is 5.02 Å². The van der Waals surface area contributed by atoms with Gasteiger partial charge in [-0.15, -0.1) is 0 Å². The van der Waals surface area contributed by atoms with Crippen LogP contribution in [0.15, 0.2) is 60.2 Å². The summed E-state index contributed by atoms with van der Waals surface area (Å²) in [5.41, 5.74) is 7.49. The second-order valence-corrected chi connectivity index (χ2v) is 12.3. The molecule has 0 aromatic heterocycles. The van der Waals surface area contributed by atoms with Crippen molar-refractivity contribution in [1.82, 2.24) is 15.1 Å². The Balaban J connectivity index is 0.00000103. The van der Waals surface area contributed by atoms with Gasteiger partial charge in [-0.25, -0.2) is 4.79 Å². The molecule has 2 aromatic carbocycles. The number of benzene rings is 2. The Morgan fingerprint density at radius 3 is 2.04 bits per heavy atom. The third-order valence-corrected chi connectivity index (χ3v) is 8.45. The predicted octanol–water partition coefficient (Wildman–Crippen LogP) is 5.05. The molecule has 1 aliphatic rings. The molecule has 4 N–H and O–H groups in total. The number of nitrogens with two attached hydrogens (primary N) is 1. The molecular weight excluding hydrogens is 653 g/mol. The van der Waals surface area contributed by atoms with Gasteiger partial charge in [-0.05, 0) is 62.4 Å². The van der Waals surface area contributed by atoms with Crippen molar-refractivity contribution in [2.45, 2.75) is 77.4 Å². The number of nitrogens with one attached hydrogen (secondary N) is 1. The third-order valence-electron chi connectivity index (χ3n) is 8.20. The Bertz CT molecular complexity index is 1460. The second kappa shape index (κ2) is 16.9. The minimum atomic E-state index is -5.08. The maximum Gasteiger partial charge on any atom is 0.490 e. The zero-order valence-corrected chi connectivity index (χ0v) is 28.7. The minimum absolute atomic E-state index is 0.0271. The van der Waals surface area contributed by atoms with Gasteiger partial charge < -0.3 is 30.7 Å². The number of carbonyl (C=O) groups is 4. The van der Waals surface area contributed by atoms with Crippen molar-refractivity contribution in [3.63, 3.8) is 0 Å². The zero-order valence-electron chi connectivity index (χ0n) is 28.0. The van der Waals surface area contributed by atoms with Gasteiger partial charge in [0.1, 0.15) is 6.04 Å². The maximum atomic E-state index is 14.1. The Labute approximate surface area is 284 Å². The van der Waals surface area contributed by atoms with E-state index in [9.17, 15) is 27.6 Å². The number of halogens is 4. The van der Waals surface area contributed by atoms with E-state index in [0.29, 0.717) is 36.6 Å². The molecule has 0 saturated carbocycles. The SMILES string of the molecule is CCN(CC1=C(c2ccc(Cl)cc2)C(=O)N(C)C1(CC)CC)C(=O)[C@@H](COCc1ccccc1)NC(=O)C(C)(C)N.O=C(O)C(F)(F)F. The highest BCUT2D eigenvalue weighted by atomic mass is 35.5. The highest BCUT2D eigenvalue weighted by Crippen LogP contribution is 2.44. The predicted molar refractivity (Wildman–Crippen MR) is 177 cm³/mol. The lowest BCUT2D eigenvalue weighted by Crippen LogP contribution is -2.58. The summed E-state index contributed by atoms with van der Waals surface area (Å²) in [6, 6.07) is 15.9. The number of rotatable bonds is 13. The van der Waals surface area contributed by atoms with Gasteiger partial charge in [0.2, 0.25) is 11.8 Å². The number of carboxylic acid groups (broad SMARTS) is 1. The van der Waals surface area contributed by atoms with Crippen molar-refractivity contribution in [1.29, 1.82) is 0 Å². The van der Waals surface area contributed by atoms with E-state index in [-0.39, 0.29) is 25.0 Å². The number of aliphatic carboxylic acids is 1. The lowest BCUT2D eigenvalue weighted by Gasteiger charge is -2.39. The van der Waals surface area contributed by atoms with Gasteiger partial charge in [0, 0.05) is 25.2 Å². The van der Waals surface area contributed by atoms with Gasteiger partial charge in [0.05, 0.1) is 29.9 Å². The molecule has 0 bridgehead atoms. The van der Waals surface area contributed by atoms with Gasteiger partial charge in [-0.2, -0.15) is 13.2 Å². The summed E-state index contributed by atoms with van der Waals surface area (Å²) in [6.07, 6.45) is -3.71. The molecule has 1 atom stereocenters. The van der Waals surface area contributed by atoms with Crippen molar-refractivity contribution in [2.75, 3.05) is 26.7 Å². The van der Waals surface area contributed by atoms with Gasteiger partial charge in [-0.3, -0.25) is 14.4 Å². The van der Waals surface area contributed by atoms with Crippen LogP contribution >= 0.6 is 11.6 Å². The molecule has 0 aliphatic carbocycles. The number of nitrogens with zero attached hydrogens (tertiary/aromatic N) is 2. The molecule has 3 amide bonds. The second-order valence-electron chi connectivity index (χ2n) is 11.9. The summed E-state index contributed by atoms with van der Waals surface area (Å²) < 4.78 is 37.6. The number of carbonyl (C=O) groups excluding carboxylic acids is 3. The normalized spacial score (nSPS) is 15.1. The van der Waals surface area contributed by atoms with Crippen molar-refractivity contribution in [3.8, 4) is 0 Å². The fraction of sp³-hybridized carbons (Fsp3) is 0.471. The minimum Gasteiger partial charge on any atom is -0.475 e. The lowest BCUT2D eigenvalue weighted by molar-refractivity contribution is -0.192. The third kappa shape index (κ3) is 10.0. The molecular formula is C34H44ClF3N4O6.